The molecule has 3 heteroatoms. The van der Waals surface area contributed by atoms with Crippen LogP contribution in [0.3, 0.4) is 0 Å². The van der Waals surface area contributed by atoms with Gasteiger partial charge in [-0.2, -0.15) is 0 Å². The molecule has 0 heterocycles. The molecule has 0 fully saturated rings. The monoisotopic (exact) mass is 163 g/mol. The third-order valence-corrected chi connectivity index (χ3v) is 1.61. The number of halogens is 2. The Labute approximate surface area is 64.1 Å². The maximum atomic E-state index is 5.72. The molecule has 0 aromatic rings. The zero-order chi connectivity index (χ0) is 6.91. The van der Waals surface area contributed by atoms with Gasteiger partial charge in [-0.05, 0) is 12.2 Å². The van der Waals surface area contributed by atoms with Gasteiger partial charge in [-0.25, -0.2) is 0 Å². The average molecular weight is 164 g/mol. The number of rotatable bonds is 0. The summed E-state index contributed by atoms with van der Waals surface area (Å²) in [6, 6.07) is 0. The quantitative estimate of drug-likeness (QED) is 0.544. The van der Waals surface area contributed by atoms with Crippen molar-refractivity contribution in [3.8, 4) is 0 Å². The molecular weight excluding hydrogens is 157 g/mol. The third-order valence-electron chi connectivity index (χ3n) is 1.09. The van der Waals surface area contributed by atoms with Gasteiger partial charge in [0.1, 0.15) is 4.33 Å². The molecule has 0 atom stereocenters. The Kier molecular flexibility index (Phi) is 1.73. The smallest absolute Gasteiger partial charge is 0.142 e. The average Bonchev–Trinajstić information content (AvgIpc) is 1.60. The molecule has 1 aliphatic rings. The van der Waals surface area contributed by atoms with E-state index in [2.05, 4.69) is 0 Å². The van der Waals surface area contributed by atoms with E-state index in [4.69, 9.17) is 28.9 Å². The summed E-state index contributed by atoms with van der Waals surface area (Å²) < 4.78 is -0.779. The first-order chi connectivity index (χ1) is 4.10. The van der Waals surface area contributed by atoms with E-state index in [0.717, 1.165) is 5.70 Å². The predicted molar refractivity (Wildman–Crippen MR) is 40.5 cm³/mol. The van der Waals surface area contributed by atoms with Crippen molar-refractivity contribution in [3.05, 3.63) is 23.9 Å². The summed E-state index contributed by atoms with van der Waals surface area (Å²) in [5.41, 5.74) is 6.18. The molecule has 0 saturated heterocycles. The van der Waals surface area contributed by atoms with E-state index in [0.29, 0.717) is 6.42 Å². The molecule has 0 bridgehead atoms. The van der Waals surface area contributed by atoms with Gasteiger partial charge in [-0.3, -0.25) is 0 Å². The standard InChI is InChI=1S/C6H7Cl2N/c7-6(8)3-1-2-5(9)4-6/h1-3H,4,9H2. The SMILES string of the molecule is NC1=CC=CC(Cl)(Cl)C1. The molecule has 1 aliphatic carbocycles. The van der Waals surface area contributed by atoms with E-state index >= 15 is 0 Å². The maximum absolute atomic E-state index is 5.72. The Hall–Kier alpha value is -0.140. The fourth-order valence-corrected chi connectivity index (χ4v) is 1.16. The van der Waals surface area contributed by atoms with Gasteiger partial charge in [0.15, 0.2) is 0 Å². The first kappa shape index (κ1) is 6.97. The molecule has 0 unspecified atom stereocenters. The Morgan fingerprint density at radius 1 is 1.56 bits per heavy atom. The zero-order valence-corrected chi connectivity index (χ0v) is 6.28. The molecule has 9 heavy (non-hydrogen) atoms. The zero-order valence-electron chi connectivity index (χ0n) is 4.77. The van der Waals surface area contributed by atoms with Gasteiger partial charge in [0.05, 0.1) is 0 Å². The number of hydrogen-bond acceptors (Lipinski definition) is 1. The van der Waals surface area contributed by atoms with Crippen LogP contribution < -0.4 is 5.73 Å². The molecular formula is C6H7Cl2N. The minimum absolute atomic E-state index is 0.520. The Bertz CT molecular complexity index is 170. The van der Waals surface area contributed by atoms with Crippen molar-refractivity contribution in [3.63, 3.8) is 0 Å². The molecule has 0 aromatic carbocycles. The predicted octanol–water partition coefficient (Wildman–Crippen LogP) is 1.96. The van der Waals surface area contributed by atoms with Gasteiger partial charge in [-0.1, -0.05) is 29.3 Å². The van der Waals surface area contributed by atoms with Crippen LogP contribution in [-0.2, 0) is 0 Å². The second-order valence-corrected chi connectivity index (χ2v) is 3.58. The van der Waals surface area contributed by atoms with Crippen molar-refractivity contribution in [1.29, 1.82) is 0 Å². The summed E-state index contributed by atoms with van der Waals surface area (Å²) in [6.07, 6.45) is 5.79. The molecule has 1 nitrogen and oxygen atoms in total. The Balaban J connectivity index is 2.73. The fraction of sp³-hybridized carbons (Fsp3) is 0.333. The first-order valence-electron chi connectivity index (χ1n) is 2.62. The van der Waals surface area contributed by atoms with Crippen LogP contribution in [0.25, 0.3) is 0 Å². The van der Waals surface area contributed by atoms with Crippen LogP contribution in [0.5, 0.6) is 0 Å². The van der Waals surface area contributed by atoms with Crippen molar-refractivity contribution in [2.24, 2.45) is 5.73 Å². The van der Waals surface area contributed by atoms with Crippen LogP contribution in [-0.4, -0.2) is 4.33 Å². The van der Waals surface area contributed by atoms with Crippen LogP contribution >= 0.6 is 23.2 Å². The molecule has 0 aromatic heterocycles. The highest BCUT2D eigenvalue weighted by Crippen LogP contribution is 2.31. The lowest BCUT2D eigenvalue weighted by Gasteiger charge is -2.17. The van der Waals surface area contributed by atoms with Gasteiger partial charge in [-0.15, -0.1) is 0 Å². The van der Waals surface area contributed by atoms with Crippen LogP contribution in [0.4, 0.5) is 0 Å². The van der Waals surface area contributed by atoms with E-state index in [-0.39, 0.29) is 0 Å². The maximum Gasteiger partial charge on any atom is 0.142 e. The Morgan fingerprint density at radius 2 is 2.22 bits per heavy atom. The van der Waals surface area contributed by atoms with Crippen LogP contribution in [0.1, 0.15) is 6.42 Å². The van der Waals surface area contributed by atoms with Crippen molar-refractivity contribution in [2.45, 2.75) is 10.8 Å². The Morgan fingerprint density at radius 3 is 2.56 bits per heavy atom. The topological polar surface area (TPSA) is 26.0 Å². The van der Waals surface area contributed by atoms with E-state index in [1.807, 2.05) is 0 Å². The van der Waals surface area contributed by atoms with E-state index < -0.39 is 4.33 Å². The van der Waals surface area contributed by atoms with Gasteiger partial charge < -0.3 is 5.73 Å². The van der Waals surface area contributed by atoms with Crippen molar-refractivity contribution < 1.29 is 0 Å². The van der Waals surface area contributed by atoms with Crippen LogP contribution in [0.15, 0.2) is 23.9 Å². The van der Waals surface area contributed by atoms with Gasteiger partial charge in [0.25, 0.3) is 0 Å². The van der Waals surface area contributed by atoms with Crippen LogP contribution in [0, 0.1) is 0 Å². The summed E-state index contributed by atoms with van der Waals surface area (Å²) >= 11 is 11.4. The summed E-state index contributed by atoms with van der Waals surface area (Å²) in [6.45, 7) is 0. The number of nitrogens with two attached hydrogens (primary N) is 1. The minimum Gasteiger partial charge on any atom is -0.402 e. The normalized spacial score (nSPS) is 23.6. The summed E-state index contributed by atoms with van der Waals surface area (Å²) in [5, 5.41) is 0. The lowest BCUT2D eigenvalue weighted by Crippen LogP contribution is -2.16. The molecule has 1 rings (SSSR count). The largest absolute Gasteiger partial charge is 0.402 e. The summed E-state index contributed by atoms with van der Waals surface area (Å²) in [4.78, 5) is 0. The second kappa shape index (κ2) is 2.24. The molecule has 0 amide bonds. The highest BCUT2D eigenvalue weighted by Gasteiger charge is 2.22. The minimum atomic E-state index is -0.779. The summed E-state index contributed by atoms with van der Waals surface area (Å²) in [5.74, 6) is 0. The molecule has 0 radical (unpaired) electrons. The second-order valence-electron chi connectivity index (χ2n) is 2.04. The molecule has 0 aliphatic heterocycles. The summed E-state index contributed by atoms with van der Waals surface area (Å²) in [7, 11) is 0. The molecule has 0 spiro atoms. The van der Waals surface area contributed by atoms with E-state index in [1.165, 1.54) is 0 Å². The third kappa shape index (κ3) is 1.92. The van der Waals surface area contributed by atoms with Crippen LogP contribution in [0.2, 0.25) is 0 Å². The highest BCUT2D eigenvalue weighted by molar-refractivity contribution is 6.50. The van der Waals surface area contributed by atoms with Gasteiger partial charge >= 0.3 is 0 Å². The van der Waals surface area contributed by atoms with Crippen molar-refractivity contribution >= 4 is 23.2 Å². The lowest BCUT2D eigenvalue weighted by atomic mass is 10.1. The van der Waals surface area contributed by atoms with Gasteiger partial charge in [0, 0.05) is 12.1 Å². The van der Waals surface area contributed by atoms with E-state index in [9.17, 15) is 0 Å². The van der Waals surface area contributed by atoms with E-state index in [1.54, 1.807) is 18.2 Å². The van der Waals surface area contributed by atoms with Crippen molar-refractivity contribution in [2.75, 3.05) is 0 Å². The molecule has 50 valence electrons. The number of allylic oxidation sites excluding steroid dienone is 4. The lowest BCUT2D eigenvalue weighted by molar-refractivity contribution is 0.888. The van der Waals surface area contributed by atoms with Gasteiger partial charge in [0.2, 0.25) is 0 Å². The first-order valence-corrected chi connectivity index (χ1v) is 3.37. The van der Waals surface area contributed by atoms with Crippen molar-refractivity contribution in [1.82, 2.24) is 0 Å². The number of hydrogen-bond donors (Lipinski definition) is 1. The molecule has 2 N–H and O–H groups in total. The molecule has 0 saturated carbocycles. The highest BCUT2D eigenvalue weighted by atomic mass is 35.5. The fourth-order valence-electron chi connectivity index (χ4n) is 0.702. The number of alkyl halides is 2.